The van der Waals surface area contributed by atoms with E-state index in [-0.39, 0.29) is 36.8 Å². The number of methoxy groups -OCH3 is 1. The summed E-state index contributed by atoms with van der Waals surface area (Å²) in [5.74, 6) is -2.10. The van der Waals surface area contributed by atoms with Crippen LogP contribution in [0.4, 0.5) is 8.78 Å². The molecule has 0 unspecified atom stereocenters. The number of amides is 1. The third kappa shape index (κ3) is 2.85. The molecule has 0 aliphatic carbocycles. The van der Waals surface area contributed by atoms with Gasteiger partial charge in [-0.3, -0.25) is 4.79 Å². The Morgan fingerprint density at radius 1 is 1.38 bits per heavy atom. The molecule has 0 bridgehead atoms. The normalized spacial score (nSPS) is 19.2. The number of carbonyl (C=O) groups is 1. The number of aliphatic hydroxyl groups is 1. The molecule has 1 saturated heterocycles. The van der Waals surface area contributed by atoms with Crippen LogP contribution in [0.25, 0.3) is 0 Å². The van der Waals surface area contributed by atoms with E-state index in [1.54, 1.807) is 13.8 Å². The van der Waals surface area contributed by atoms with Crippen molar-refractivity contribution in [1.82, 2.24) is 4.90 Å². The standard InChI is InChI=1S/C15H19F2NO3/c1-15(2,8-19)18-7-9(4-13(18)20)14-11(16)5-10(21-3)6-12(14)17/h5-6,9,19H,4,7-8H2,1-3H3/t9-/m0/s1. The molecule has 4 nitrogen and oxygen atoms in total. The number of likely N-dealkylation sites (tertiary alicyclic amines) is 1. The van der Waals surface area contributed by atoms with Crippen molar-refractivity contribution in [3.8, 4) is 5.75 Å². The van der Waals surface area contributed by atoms with E-state index in [1.807, 2.05) is 0 Å². The molecule has 0 aromatic heterocycles. The van der Waals surface area contributed by atoms with Gasteiger partial charge in [-0.1, -0.05) is 0 Å². The van der Waals surface area contributed by atoms with Crippen LogP contribution in [0.3, 0.4) is 0 Å². The molecule has 21 heavy (non-hydrogen) atoms. The first-order chi connectivity index (χ1) is 9.80. The van der Waals surface area contributed by atoms with Crippen molar-refractivity contribution in [2.24, 2.45) is 0 Å². The van der Waals surface area contributed by atoms with Crippen molar-refractivity contribution in [2.45, 2.75) is 31.7 Å². The minimum Gasteiger partial charge on any atom is -0.497 e. The largest absolute Gasteiger partial charge is 0.497 e. The Morgan fingerprint density at radius 2 is 1.95 bits per heavy atom. The Kier molecular flexibility index (Phi) is 4.18. The second-order valence-corrected chi connectivity index (χ2v) is 5.88. The van der Waals surface area contributed by atoms with Crippen LogP contribution in [-0.2, 0) is 4.79 Å². The number of rotatable bonds is 4. The summed E-state index contributed by atoms with van der Waals surface area (Å²) in [6.07, 6.45) is 0.0313. The highest BCUT2D eigenvalue weighted by Crippen LogP contribution is 2.36. The third-order valence-corrected chi connectivity index (χ3v) is 3.94. The molecule has 1 heterocycles. The van der Waals surface area contributed by atoms with E-state index >= 15 is 0 Å². The summed E-state index contributed by atoms with van der Waals surface area (Å²) >= 11 is 0. The Labute approximate surface area is 122 Å². The summed E-state index contributed by atoms with van der Waals surface area (Å²) < 4.78 is 33.0. The molecule has 0 saturated carbocycles. The average Bonchev–Trinajstić information content (AvgIpc) is 2.80. The predicted molar refractivity (Wildman–Crippen MR) is 73.1 cm³/mol. The fourth-order valence-electron chi connectivity index (χ4n) is 2.64. The second kappa shape index (κ2) is 5.60. The minimum atomic E-state index is -0.745. The van der Waals surface area contributed by atoms with Gasteiger partial charge in [0.05, 0.1) is 19.3 Å². The van der Waals surface area contributed by atoms with Gasteiger partial charge in [-0.05, 0) is 13.8 Å². The van der Waals surface area contributed by atoms with Gasteiger partial charge in [0, 0.05) is 36.6 Å². The Morgan fingerprint density at radius 3 is 2.43 bits per heavy atom. The molecular weight excluding hydrogens is 280 g/mol. The van der Waals surface area contributed by atoms with Crippen molar-refractivity contribution in [3.05, 3.63) is 29.3 Å². The minimum absolute atomic E-state index is 0.0313. The summed E-state index contributed by atoms with van der Waals surface area (Å²) in [7, 11) is 1.33. The van der Waals surface area contributed by atoms with Crippen LogP contribution in [0.2, 0.25) is 0 Å². The lowest BCUT2D eigenvalue weighted by molar-refractivity contribution is -0.133. The molecule has 1 aliphatic heterocycles. The first-order valence-electron chi connectivity index (χ1n) is 6.74. The van der Waals surface area contributed by atoms with Gasteiger partial charge in [0.2, 0.25) is 5.91 Å². The van der Waals surface area contributed by atoms with Crippen molar-refractivity contribution < 1.29 is 23.4 Å². The van der Waals surface area contributed by atoms with Crippen LogP contribution in [0.5, 0.6) is 5.75 Å². The average molecular weight is 299 g/mol. The van der Waals surface area contributed by atoms with Crippen molar-refractivity contribution in [3.63, 3.8) is 0 Å². The molecule has 0 radical (unpaired) electrons. The molecule has 1 aliphatic rings. The molecule has 1 aromatic rings. The number of carbonyl (C=O) groups excluding carboxylic acids is 1. The molecule has 1 fully saturated rings. The number of nitrogens with zero attached hydrogens (tertiary/aromatic N) is 1. The number of aliphatic hydroxyl groups excluding tert-OH is 1. The molecule has 1 N–H and O–H groups in total. The summed E-state index contributed by atoms with van der Waals surface area (Å²) in [4.78, 5) is 13.5. The molecule has 116 valence electrons. The molecule has 0 spiro atoms. The summed E-state index contributed by atoms with van der Waals surface area (Å²) in [5, 5.41) is 9.35. The van der Waals surface area contributed by atoms with Gasteiger partial charge in [-0.25, -0.2) is 8.78 Å². The first-order valence-corrected chi connectivity index (χ1v) is 6.74. The van der Waals surface area contributed by atoms with E-state index in [0.717, 1.165) is 12.1 Å². The third-order valence-electron chi connectivity index (χ3n) is 3.94. The Hall–Kier alpha value is -1.69. The lowest BCUT2D eigenvalue weighted by atomic mass is 9.96. The lowest BCUT2D eigenvalue weighted by Crippen LogP contribution is -2.47. The first kappa shape index (κ1) is 15.7. The van der Waals surface area contributed by atoms with Crippen molar-refractivity contribution in [2.75, 3.05) is 20.3 Å². The van der Waals surface area contributed by atoms with Gasteiger partial charge in [0.25, 0.3) is 0 Å². The summed E-state index contributed by atoms with van der Waals surface area (Å²) in [6.45, 7) is 3.41. The van der Waals surface area contributed by atoms with E-state index in [2.05, 4.69) is 0 Å². The molecule has 1 amide bonds. The maximum atomic E-state index is 14.1. The molecule has 2 rings (SSSR count). The van der Waals surface area contributed by atoms with Crippen molar-refractivity contribution in [1.29, 1.82) is 0 Å². The zero-order valence-corrected chi connectivity index (χ0v) is 12.3. The Bertz CT molecular complexity index is 537. The highest BCUT2D eigenvalue weighted by Gasteiger charge is 2.40. The maximum absolute atomic E-state index is 14.1. The fourth-order valence-corrected chi connectivity index (χ4v) is 2.64. The van der Waals surface area contributed by atoms with Crippen LogP contribution in [0.1, 0.15) is 31.7 Å². The smallest absolute Gasteiger partial charge is 0.223 e. The van der Waals surface area contributed by atoms with Crippen LogP contribution in [0, 0.1) is 11.6 Å². The van der Waals surface area contributed by atoms with Crippen LogP contribution in [-0.4, -0.2) is 41.7 Å². The van der Waals surface area contributed by atoms with Gasteiger partial charge in [0.15, 0.2) is 0 Å². The Balaban J connectivity index is 2.31. The monoisotopic (exact) mass is 299 g/mol. The van der Waals surface area contributed by atoms with E-state index < -0.39 is 23.1 Å². The van der Waals surface area contributed by atoms with Crippen molar-refractivity contribution >= 4 is 5.91 Å². The zero-order chi connectivity index (χ0) is 15.8. The lowest BCUT2D eigenvalue weighted by Gasteiger charge is -2.34. The highest BCUT2D eigenvalue weighted by molar-refractivity contribution is 5.80. The van der Waals surface area contributed by atoms with Gasteiger partial charge in [0.1, 0.15) is 17.4 Å². The SMILES string of the molecule is COc1cc(F)c([C@H]2CC(=O)N(C(C)(C)CO)C2)c(F)c1. The number of benzene rings is 1. The molecule has 1 atom stereocenters. The van der Waals surface area contributed by atoms with E-state index in [0.29, 0.717) is 0 Å². The fraction of sp³-hybridized carbons (Fsp3) is 0.533. The van der Waals surface area contributed by atoms with Gasteiger partial charge in [-0.15, -0.1) is 0 Å². The van der Waals surface area contributed by atoms with Crippen LogP contribution >= 0.6 is 0 Å². The summed E-state index contributed by atoms with van der Waals surface area (Å²) in [6, 6.07) is 2.23. The zero-order valence-electron chi connectivity index (χ0n) is 12.3. The van der Waals surface area contributed by atoms with Gasteiger partial charge < -0.3 is 14.7 Å². The van der Waals surface area contributed by atoms with Gasteiger partial charge >= 0.3 is 0 Å². The van der Waals surface area contributed by atoms with E-state index in [1.165, 1.54) is 12.0 Å². The second-order valence-electron chi connectivity index (χ2n) is 5.88. The molecular formula is C15H19F2NO3. The van der Waals surface area contributed by atoms with Gasteiger partial charge in [-0.2, -0.15) is 0 Å². The topological polar surface area (TPSA) is 49.8 Å². The number of hydrogen-bond donors (Lipinski definition) is 1. The number of ether oxygens (including phenoxy) is 1. The molecule has 6 heteroatoms. The quantitative estimate of drug-likeness (QED) is 0.926. The van der Waals surface area contributed by atoms with Crippen LogP contribution < -0.4 is 4.74 Å². The highest BCUT2D eigenvalue weighted by atomic mass is 19.1. The predicted octanol–water partition coefficient (Wildman–Crippen LogP) is 2.06. The van der Waals surface area contributed by atoms with Crippen LogP contribution in [0.15, 0.2) is 12.1 Å². The summed E-state index contributed by atoms with van der Waals surface area (Å²) in [5.41, 5.74) is -0.842. The van der Waals surface area contributed by atoms with E-state index in [4.69, 9.17) is 4.74 Å². The maximum Gasteiger partial charge on any atom is 0.223 e. The van der Waals surface area contributed by atoms with E-state index in [9.17, 15) is 18.7 Å². The number of halogens is 2. The number of hydrogen-bond acceptors (Lipinski definition) is 3. The molecule has 1 aromatic carbocycles.